The number of hydrogen-bond donors (Lipinski definition) is 2. The number of benzene rings is 2. The van der Waals surface area contributed by atoms with Gasteiger partial charge in [0.1, 0.15) is 19.2 Å². The van der Waals surface area contributed by atoms with Crippen molar-refractivity contribution in [3.05, 3.63) is 59.7 Å². The minimum atomic E-state index is -1.09. The Morgan fingerprint density at radius 1 is 1.06 bits per heavy atom. The van der Waals surface area contributed by atoms with Crippen LogP contribution in [0.2, 0.25) is 0 Å². The molecule has 1 aliphatic carbocycles. The maximum atomic E-state index is 13.3. The van der Waals surface area contributed by atoms with Gasteiger partial charge in [0.25, 0.3) is 0 Å². The fraction of sp³-hybridized carbons (Fsp3) is 0.444. The van der Waals surface area contributed by atoms with Crippen molar-refractivity contribution in [1.82, 2.24) is 10.2 Å². The van der Waals surface area contributed by atoms with Crippen molar-refractivity contribution in [3.63, 3.8) is 0 Å². The number of carbonyl (C=O) groups excluding carboxylic acids is 2. The van der Waals surface area contributed by atoms with Crippen molar-refractivity contribution in [2.24, 2.45) is 5.41 Å². The fourth-order valence-corrected chi connectivity index (χ4v) is 4.91. The zero-order valence-corrected chi connectivity index (χ0v) is 21.6. The third kappa shape index (κ3) is 7.01. The van der Waals surface area contributed by atoms with E-state index in [1.54, 1.807) is 11.8 Å². The molecule has 188 valence electrons. The number of thioether (sulfide) groups is 1. The lowest BCUT2D eigenvalue weighted by Crippen LogP contribution is -2.52. The minimum absolute atomic E-state index is 0.0853. The largest absolute Gasteiger partial charge is 0.480 e. The summed E-state index contributed by atoms with van der Waals surface area (Å²) in [4.78, 5) is 38.8. The lowest BCUT2D eigenvalue weighted by Gasteiger charge is -2.31. The van der Waals surface area contributed by atoms with E-state index in [-0.39, 0.29) is 24.5 Å². The van der Waals surface area contributed by atoms with Crippen LogP contribution in [0.5, 0.6) is 0 Å². The van der Waals surface area contributed by atoms with Crippen molar-refractivity contribution >= 4 is 29.7 Å². The van der Waals surface area contributed by atoms with E-state index in [2.05, 4.69) is 17.4 Å². The van der Waals surface area contributed by atoms with Crippen LogP contribution in [-0.2, 0) is 14.3 Å². The van der Waals surface area contributed by atoms with E-state index in [1.165, 1.54) is 4.90 Å². The van der Waals surface area contributed by atoms with Gasteiger partial charge in [-0.3, -0.25) is 9.59 Å². The Bertz CT molecular complexity index is 1020. The Kier molecular flexibility index (Phi) is 8.83. The van der Waals surface area contributed by atoms with Gasteiger partial charge in [0.15, 0.2) is 0 Å². The monoisotopic (exact) mass is 498 g/mol. The molecule has 2 aromatic carbocycles. The summed E-state index contributed by atoms with van der Waals surface area (Å²) >= 11 is 1.55. The van der Waals surface area contributed by atoms with Crippen molar-refractivity contribution in [2.75, 3.05) is 31.7 Å². The van der Waals surface area contributed by atoms with Crippen LogP contribution in [0.1, 0.15) is 44.2 Å². The summed E-state index contributed by atoms with van der Waals surface area (Å²) < 4.78 is 5.62. The number of nitrogens with one attached hydrogen (secondary N) is 1. The molecule has 3 rings (SSSR count). The molecule has 0 heterocycles. The van der Waals surface area contributed by atoms with Gasteiger partial charge < -0.3 is 20.1 Å². The first-order chi connectivity index (χ1) is 16.6. The first kappa shape index (κ1) is 26.6. The Balaban J connectivity index is 1.71. The van der Waals surface area contributed by atoms with E-state index in [4.69, 9.17) is 4.74 Å². The molecule has 0 aliphatic heterocycles. The summed E-state index contributed by atoms with van der Waals surface area (Å²) in [5.74, 6) is -0.952. The molecule has 0 fully saturated rings. The Morgan fingerprint density at radius 2 is 1.63 bits per heavy atom. The lowest BCUT2D eigenvalue weighted by molar-refractivity contribution is -0.146. The number of nitrogens with zero attached hydrogens (tertiary/aromatic N) is 1. The quantitative estimate of drug-likeness (QED) is 0.497. The molecule has 2 N–H and O–H groups in total. The van der Waals surface area contributed by atoms with Gasteiger partial charge in [0.05, 0.1) is 0 Å². The second-order valence-corrected chi connectivity index (χ2v) is 10.9. The van der Waals surface area contributed by atoms with Crippen LogP contribution in [0.3, 0.4) is 0 Å². The number of carboxylic acid groups (broad SMARTS) is 1. The average Bonchev–Trinajstić information content (AvgIpc) is 3.12. The van der Waals surface area contributed by atoms with Gasteiger partial charge in [-0.1, -0.05) is 69.3 Å². The molecule has 0 radical (unpaired) electrons. The molecule has 2 aromatic rings. The molecule has 0 saturated heterocycles. The van der Waals surface area contributed by atoms with Crippen LogP contribution in [-0.4, -0.2) is 65.7 Å². The predicted molar refractivity (Wildman–Crippen MR) is 139 cm³/mol. The molecular formula is C27H34N2O5S. The fourth-order valence-electron chi connectivity index (χ4n) is 4.44. The minimum Gasteiger partial charge on any atom is -0.480 e. The van der Waals surface area contributed by atoms with Gasteiger partial charge in [-0.2, -0.15) is 11.8 Å². The first-order valence-electron chi connectivity index (χ1n) is 11.7. The summed E-state index contributed by atoms with van der Waals surface area (Å²) in [7, 11) is 0. The van der Waals surface area contributed by atoms with Crippen molar-refractivity contribution in [1.29, 1.82) is 0 Å². The van der Waals surface area contributed by atoms with Crippen LogP contribution >= 0.6 is 11.8 Å². The number of carboxylic acids is 1. The van der Waals surface area contributed by atoms with E-state index >= 15 is 0 Å². The van der Waals surface area contributed by atoms with Gasteiger partial charge in [0.2, 0.25) is 5.91 Å². The topological polar surface area (TPSA) is 95.9 Å². The number of aliphatic carboxylic acids is 1. The SMILES string of the molecule is CSCCC(NC(=O)OCC1c2ccccc2-c2ccccc21)C(=O)N(CC(=O)O)CC(C)(C)C. The highest BCUT2D eigenvalue weighted by atomic mass is 32.2. The summed E-state index contributed by atoms with van der Waals surface area (Å²) in [6.07, 6.45) is 1.61. The number of carbonyl (C=O) groups is 3. The zero-order chi connectivity index (χ0) is 25.6. The number of fused-ring (bicyclic) bond motifs is 3. The Morgan fingerprint density at radius 3 is 2.14 bits per heavy atom. The van der Waals surface area contributed by atoms with Crippen LogP contribution < -0.4 is 5.32 Å². The standard InChI is InChI=1S/C27H34N2O5S/c1-27(2,3)17-29(15-24(30)31)25(32)23(13-14-35-4)28-26(33)34-16-22-20-11-7-5-9-18(20)19-10-6-8-12-21(19)22/h5-12,22-23H,13-17H2,1-4H3,(H,28,33)(H,30,31). The summed E-state index contributed by atoms with van der Waals surface area (Å²) in [5, 5.41) is 12.0. The number of amides is 2. The predicted octanol–water partition coefficient (Wildman–Crippen LogP) is 4.61. The van der Waals surface area contributed by atoms with Gasteiger partial charge in [-0.05, 0) is 46.1 Å². The third-order valence-corrected chi connectivity index (χ3v) is 6.49. The molecular weight excluding hydrogens is 464 g/mol. The highest BCUT2D eigenvalue weighted by molar-refractivity contribution is 7.98. The van der Waals surface area contributed by atoms with Crippen molar-refractivity contribution in [2.45, 2.75) is 39.2 Å². The smallest absolute Gasteiger partial charge is 0.407 e. The Hall–Kier alpha value is -3.00. The maximum absolute atomic E-state index is 13.3. The molecule has 35 heavy (non-hydrogen) atoms. The molecule has 0 aromatic heterocycles. The van der Waals surface area contributed by atoms with E-state index in [0.29, 0.717) is 12.2 Å². The second-order valence-electron chi connectivity index (χ2n) is 9.95. The van der Waals surface area contributed by atoms with Crippen LogP contribution in [0.15, 0.2) is 48.5 Å². The van der Waals surface area contributed by atoms with Crippen LogP contribution in [0.4, 0.5) is 4.79 Å². The number of alkyl carbamates (subject to hydrolysis) is 1. The molecule has 1 atom stereocenters. The van der Waals surface area contributed by atoms with Crippen molar-refractivity contribution < 1.29 is 24.2 Å². The van der Waals surface area contributed by atoms with Gasteiger partial charge in [-0.25, -0.2) is 4.79 Å². The van der Waals surface area contributed by atoms with E-state index in [1.807, 2.05) is 63.4 Å². The lowest BCUT2D eigenvalue weighted by atomic mass is 9.95. The first-order valence-corrected chi connectivity index (χ1v) is 13.1. The molecule has 1 aliphatic rings. The van der Waals surface area contributed by atoms with Gasteiger partial charge in [0, 0.05) is 12.5 Å². The second kappa shape index (κ2) is 11.6. The van der Waals surface area contributed by atoms with E-state index < -0.39 is 30.6 Å². The summed E-state index contributed by atoms with van der Waals surface area (Å²) in [6.45, 7) is 5.80. The number of ether oxygens (including phenoxy) is 1. The third-order valence-electron chi connectivity index (χ3n) is 5.85. The van der Waals surface area contributed by atoms with E-state index in [9.17, 15) is 19.5 Å². The molecule has 0 saturated carbocycles. The van der Waals surface area contributed by atoms with E-state index in [0.717, 1.165) is 22.3 Å². The maximum Gasteiger partial charge on any atom is 0.407 e. The van der Waals surface area contributed by atoms with Crippen molar-refractivity contribution in [3.8, 4) is 11.1 Å². The van der Waals surface area contributed by atoms with Crippen LogP contribution in [0.25, 0.3) is 11.1 Å². The summed E-state index contributed by atoms with van der Waals surface area (Å²) in [6, 6.07) is 15.3. The highest BCUT2D eigenvalue weighted by Crippen LogP contribution is 2.44. The van der Waals surface area contributed by atoms with Crippen LogP contribution in [0, 0.1) is 5.41 Å². The molecule has 1 unspecified atom stereocenters. The van der Waals surface area contributed by atoms with Gasteiger partial charge in [-0.15, -0.1) is 0 Å². The molecule has 0 bridgehead atoms. The normalized spacial score (nSPS) is 13.5. The molecule has 8 heteroatoms. The number of rotatable bonds is 10. The zero-order valence-electron chi connectivity index (χ0n) is 20.7. The molecule has 2 amide bonds. The van der Waals surface area contributed by atoms with Gasteiger partial charge >= 0.3 is 12.1 Å². The molecule has 0 spiro atoms. The summed E-state index contributed by atoms with van der Waals surface area (Å²) in [5.41, 5.74) is 4.19. The Labute approximate surface area is 211 Å². The molecule has 7 nitrogen and oxygen atoms in total. The number of hydrogen-bond acceptors (Lipinski definition) is 5. The highest BCUT2D eigenvalue weighted by Gasteiger charge is 2.32. The average molecular weight is 499 g/mol.